The number of halogens is 3. The van der Waals surface area contributed by atoms with Crippen molar-refractivity contribution in [2.45, 2.75) is 135 Å². The van der Waals surface area contributed by atoms with Crippen LogP contribution in [0.15, 0.2) is 18.2 Å². The van der Waals surface area contributed by atoms with Crippen LogP contribution in [0, 0.1) is 17.2 Å². The van der Waals surface area contributed by atoms with Gasteiger partial charge in [0.1, 0.15) is 11.1 Å². The Hall–Kier alpha value is -2.91. The molecule has 3 atom stereocenters. The Balaban J connectivity index is 1.31. The summed E-state index contributed by atoms with van der Waals surface area (Å²) in [5.74, 6) is 0.0507. The molecule has 4 rings (SSSR count). The molecule has 2 saturated heterocycles. The van der Waals surface area contributed by atoms with Gasteiger partial charge in [-0.05, 0) is 130 Å². The van der Waals surface area contributed by atoms with Crippen LogP contribution in [-0.2, 0) is 20.4 Å². The van der Waals surface area contributed by atoms with Crippen LogP contribution in [0.25, 0.3) is 0 Å². The molecule has 1 aromatic rings. The van der Waals surface area contributed by atoms with Gasteiger partial charge in [-0.2, -0.15) is 18.4 Å². The lowest BCUT2D eigenvalue weighted by Gasteiger charge is -2.43. The summed E-state index contributed by atoms with van der Waals surface area (Å²) in [6, 6.07) is 4.94. The van der Waals surface area contributed by atoms with E-state index < -0.39 is 34.4 Å². The Morgan fingerprint density at radius 3 is 2.22 bits per heavy atom. The Bertz CT molecular complexity index is 1320. The van der Waals surface area contributed by atoms with E-state index >= 15 is 0 Å². The Labute approximate surface area is 269 Å². The fourth-order valence-electron chi connectivity index (χ4n) is 7.16. The monoisotopic (exact) mass is 650 g/mol. The van der Waals surface area contributed by atoms with E-state index in [9.17, 15) is 22.8 Å². The first-order valence-electron chi connectivity index (χ1n) is 15.8. The molecule has 2 amide bonds. The largest absolute Gasteiger partial charge is 0.444 e. The van der Waals surface area contributed by atoms with Crippen molar-refractivity contribution in [1.29, 1.82) is 5.26 Å². The lowest BCUT2D eigenvalue weighted by Crippen LogP contribution is -2.51. The summed E-state index contributed by atoms with van der Waals surface area (Å²) in [6.45, 7) is 13.9. The number of alkyl halides is 3. The molecule has 3 aliphatic rings. The van der Waals surface area contributed by atoms with Gasteiger partial charge in [-0.3, -0.25) is 9.69 Å². The van der Waals surface area contributed by atoms with Crippen LogP contribution in [0.3, 0.4) is 0 Å². The molecular weight excluding hydrogens is 605 g/mol. The number of nitrogens with zero attached hydrogens (tertiary/aromatic N) is 4. The molecule has 12 heteroatoms. The number of piperidine rings is 1. The van der Waals surface area contributed by atoms with E-state index in [-0.39, 0.29) is 41.1 Å². The molecule has 0 spiro atoms. The molecule has 2 heterocycles. The molecule has 0 bridgehead atoms. The predicted molar refractivity (Wildman–Crippen MR) is 168 cm³/mol. The van der Waals surface area contributed by atoms with Crippen molar-refractivity contribution in [2.24, 2.45) is 5.92 Å². The number of benzene rings is 1. The molecule has 0 radical (unpaired) electrons. The van der Waals surface area contributed by atoms with Crippen molar-refractivity contribution in [1.82, 2.24) is 9.80 Å². The highest BCUT2D eigenvalue weighted by molar-refractivity contribution is 7.80. The topological polar surface area (TPSA) is 86.1 Å². The molecule has 45 heavy (non-hydrogen) atoms. The van der Waals surface area contributed by atoms with E-state index in [0.717, 1.165) is 57.1 Å². The number of nitriles is 1. The van der Waals surface area contributed by atoms with Crippen molar-refractivity contribution in [3.8, 4) is 6.07 Å². The second kappa shape index (κ2) is 13.1. The van der Waals surface area contributed by atoms with Gasteiger partial charge in [-0.1, -0.05) is 0 Å². The van der Waals surface area contributed by atoms with E-state index in [4.69, 9.17) is 27.0 Å². The van der Waals surface area contributed by atoms with Gasteiger partial charge in [-0.25, -0.2) is 4.79 Å². The molecule has 3 fully saturated rings. The van der Waals surface area contributed by atoms with Gasteiger partial charge < -0.3 is 19.3 Å². The summed E-state index contributed by atoms with van der Waals surface area (Å²) in [7, 11) is 0. The summed E-state index contributed by atoms with van der Waals surface area (Å²) in [4.78, 5) is 31.1. The van der Waals surface area contributed by atoms with E-state index in [1.54, 1.807) is 19.9 Å². The Morgan fingerprint density at radius 1 is 1.09 bits per heavy atom. The summed E-state index contributed by atoms with van der Waals surface area (Å²) in [6.07, 6.45) is 0.822. The molecule has 0 aromatic heterocycles. The highest BCUT2D eigenvalue weighted by Gasteiger charge is 2.52. The quantitative estimate of drug-likeness (QED) is 0.296. The zero-order valence-electron chi connectivity index (χ0n) is 27.2. The lowest BCUT2D eigenvalue weighted by atomic mass is 9.85. The minimum Gasteiger partial charge on any atom is -0.444 e. The summed E-state index contributed by atoms with van der Waals surface area (Å²) in [5, 5.41) is 9.34. The smallest absolute Gasteiger partial charge is 0.417 e. The average molecular weight is 651 g/mol. The van der Waals surface area contributed by atoms with Crippen molar-refractivity contribution in [3.05, 3.63) is 29.3 Å². The maximum Gasteiger partial charge on any atom is 0.417 e. The summed E-state index contributed by atoms with van der Waals surface area (Å²) < 4.78 is 52.9. The van der Waals surface area contributed by atoms with E-state index in [2.05, 4.69) is 13.8 Å². The molecule has 248 valence electrons. The number of hydrogen-bond donors (Lipinski definition) is 0. The van der Waals surface area contributed by atoms with Crippen LogP contribution >= 0.6 is 12.2 Å². The first-order chi connectivity index (χ1) is 20.8. The minimum absolute atomic E-state index is 0.00415. The lowest BCUT2D eigenvalue weighted by molar-refractivity contribution is -0.137. The third-order valence-electron chi connectivity index (χ3n) is 9.20. The van der Waals surface area contributed by atoms with Crippen molar-refractivity contribution >= 4 is 35.0 Å². The second-order valence-corrected chi connectivity index (χ2v) is 14.6. The Morgan fingerprint density at radius 2 is 1.69 bits per heavy atom. The van der Waals surface area contributed by atoms with Gasteiger partial charge in [0.2, 0.25) is 0 Å². The molecule has 1 aliphatic carbocycles. The van der Waals surface area contributed by atoms with Crippen LogP contribution < -0.4 is 4.90 Å². The number of carbonyl (C=O) groups excluding carboxylic acids is 2. The third-order valence-corrected chi connectivity index (χ3v) is 9.58. The molecule has 0 N–H and O–H groups in total. The van der Waals surface area contributed by atoms with Crippen molar-refractivity contribution in [2.75, 3.05) is 11.5 Å². The number of anilines is 1. The summed E-state index contributed by atoms with van der Waals surface area (Å²) >= 11 is 5.71. The number of thiocarbonyl (C=S) groups is 1. The summed E-state index contributed by atoms with van der Waals surface area (Å²) in [5.41, 5.74) is -3.16. The minimum atomic E-state index is -4.74. The zero-order chi connectivity index (χ0) is 33.5. The van der Waals surface area contributed by atoms with Crippen molar-refractivity contribution in [3.63, 3.8) is 0 Å². The van der Waals surface area contributed by atoms with Gasteiger partial charge in [-0.15, -0.1) is 0 Å². The predicted octanol–water partition coefficient (Wildman–Crippen LogP) is 7.43. The van der Waals surface area contributed by atoms with Crippen LogP contribution in [0.1, 0.15) is 105 Å². The molecule has 8 nitrogen and oxygen atoms in total. The number of amides is 2. The first kappa shape index (κ1) is 35.0. The fourth-order valence-corrected chi connectivity index (χ4v) is 7.72. The highest BCUT2D eigenvalue weighted by atomic mass is 32.1. The fraction of sp³-hybridized carbons (Fsp3) is 0.697. The molecule has 1 unspecified atom stereocenters. The van der Waals surface area contributed by atoms with Crippen LogP contribution in [0.5, 0.6) is 0 Å². The molecule has 1 saturated carbocycles. The maximum absolute atomic E-state index is 13.6. The van der Waals surface area contributed by atoms with Gasteiger partial charge in [0, 0.05) is 24.7 Å². The van der Waals surface area contributed by atoms with Crippen LogP contribution in [-0.4, -0.2) is 68.9 Å². The standard InChI is InChI=1S/C33H45F3N4O4S/c1-20-16-22(17-21(2)38(20)30(42)44-31(3,4)5)14-15-43-26-12-10-24(11-13-26)40-29(45)39(28(41)32(40,6)7)25-9-8-23(19-37)27(18-25)33(34,35)36/h8-9,18,20-22,24,26H,10-17H2,1-7H3/t20-,21+,22?,24?,26?. The average Bonchev–Trinajstić information content (AvgIpc) is 3.09. The van der Waals surface area contributed by atoms with Gasteiger partial charge in [0.15, 0.2) is 5.11 Å². The van der Waals surface area contributed by atoms with E-state index in [1.807, 2.05) is 30.6 Å². The number of likely N-dealkylation sites (tertiary alicyclic amines) is 1. The third kappa shape index (κ3) is 7.57. The number of hydrogen-bond acceptors (Lipinski definition) is 6. The van der Waals surface area contributed by atoms with E-state index in [0.29, 0.717) is 12.5 Å². The van der Waals surface area contributed by atoms with Crippen LogP contribution in [0.4, 0.5) is 23.7 Å². The van der Waals surface area contributed by atoms with Crippen LogP contribution in [0.2, 0.25) is 0 Å². The van der Waals surface area contributed by atoms with Gasteiger partial charge >= 0.3 is 12.3 Å². The van der Waals surface area contributed by atoms with Gasteiger partial charge in [0.25, 0.3) is 5.91 Å². The maximum atomic E-state index is 13.6. The molecular formula is C33H45F3N4O4S. The second-order valence-electron chi connectivity index (χ2n) is 14.2. The number of ether oxygens (including phenoxy) is 2. The zero-order valence-corrected chi connectivity index (χ0v) is 28.1. The first-order valence-corrected chi connectivity index (χ1v) is 16.2. The van der Waals surface area contributed by atoms with E-state index in [1.165, 1.54) is 11.0 Å². The van der Waals surface area contributed by atoms with Crippen molar-refractivity contribution < 1.29 is 32.2 Å². The van der Waals surface area contributed by atoms with Gasteiger partial charge in [0.05, 0.1) is 29.0 Å². The molecule has 1 aromatic carbocycles. The Kier molecular flexibility index (Phi) is 10.2. The number of rotatable bonds is 6. The highest BCUT2D eigenvalue weighted by Crippen LogP contribution is 2.41. The SMILES string of the molecule is C[C@@H]1CC(CCOC2CCC(N3C(=S)N(c4ccc(C#N)c(C(F)(F)F)c4)C(=O)C3(C)C)CC2)C[C@H](C)N1C(=O)OC(C)(C)C. The number of carbonyl (C=O) groups is 2. The molecule has 2 aliphatic heterocycles. The normalized spacial score (nSPS) is 27.5.